The SMILES string of the molecule is CC1(C)C[C@@H]2C[C@](C)(CN2C(=O)COC(=O)c2ccc(Br)cc2)C1. The monoisotopic (exact) mass is 393 g/mol. The Morgan fingerprint density at radius 1 is 1.21 bits per heavy atom. The topological polar surface area (TPSA) is 46.6 Å². The van der Waals surface area contributed by atoms with E-state index in [4.69, 9.17) is 4.74 Å². The Bertz CT molecular complexity index is 655. The Hall–Kier alpha value is -1.36. The van der Waals surface area contributed by atoms with Crippen LogP contribution in [0.2, 0.25) is 0 Å². The number of likely N-dealkylation sites (tertiary alicyclic amines) is 1. The molecule has 0 spiro atoms. The highest BCUT2D eigenvalue weighted by Crippen LogP contribution is 2.52. The van der Waals surface area contributed by atoms with E-state index in [1.54, 1.807) is 24.3 Å². The van der Waals surface area contributed by atoms with Gasteiger partial charge in [-0.1, -0.05) is 36.7 Å². The lowest BCUT2D eigenvalue weighted by Crippen LogP contribution is -2.39. The van der Waals surface area contributed by atoms with Crippen LogP contribution in [0.25, 0.3) is 0 Å². The lowest BCUT2D eigenvalue weighted by molar-refractivity contribution is -0.135. The van der Waals surface area contributed by atoms with Gasteiger partial charge < -0.3 is 9.64 Å². The van der Waals surface area contributed by atoms with Crippen LogP contribution in [0, 0.1) is 10.8 Å². The molecule has 1 heterocycles. The minimum Gasteiger partial charge on any atom is -0.452 e. The zero-order valence-electron chi connectivity index (χ0n) is 14.5. The number of hydrogen-bond donors (Lipinski definition) is 0. The summed E-state index contributed by atoms with van der Waals surface area (Å²) in [5.74, 6) is -0.531. The average Bonchev–Trinajstić information content (AvgIpc) is 2.74. The summed E-state index contributed by atoms with van der Waals surface area (Å²) in [6.07, 6.45) is 3.22. The molecule has 1 saturated heterocycles. The molecule has 24 heavy (non-hydrogen) atoms. The molecular weight excluding hydrogens is 370 g/mol. The van der Waals surface area contributed by atoms with Crippen molar-refractivity contribution >= 4 is 27.8 Å². The molecule has 1 amide bonds. The standard InChI is InChI=1S/C19H24BrNO3/c1-18(2)8-15-9-19(3,11-18)12-21(15)16(22)10-24-17(23)13-4-6-14(20)7-5-13/h4-7,15H,8-12H2,1-3H3/t15-,19+/m1/s1. The number of ether oxygens (including phenoxy) is 1. The predicted molar refractivity (Wildman–Crippen MR) is 95.7 cm³/mol. The summed E-state index contributed by atoms with van der Waals surface area (Å²) in [4.78, 5) is 26.6. The van der Waals surface area contributed by atoms with Gasteiger partial charge in [0.1, 0.15) is 0 Å². The van der Waals surface area contributed by atoms with Gasteiger partial charge in [-0.15, -0.1) is 0 Å². The van der Waals surface area contributed by atoms with Crippen LogP contribution >= 0.6 is 15.9 Å². The van der Waals surface area contributed by atoms with E-state index in [2.05, 4.69) is 36.7 Å². The summed E-state index contributed by atoms with van der Waals surface area (Å²) >= 11 is 3.33. The number of carbonyl (C=O) groups is 2. The molecule has 0 radical (unpaired) electrons. The van der Waals surface area contributed by atoms with Crippen LogP contribution in [0.5, 0.6) is 0 Å². The lowest BCUT2D eigenvalue weighted by Gasteiger charge is -2.39. The van der Waals surface area contributed by atoms with Gasteiger partial charge in [-0.25, -0.2) is 4.79 Å². The third-order valence-corrected chi connectivity index (χ3v) is 5.67. The first-order valence-corrected chi connectivity index (χ1v) is 9.19. The van der Waals surface area contributed by atoms with Crippen LogP contribution in [0.3, 0.4) is 0 Å². The average molecular weight is 394 g/mol. The molecule has 0 unspecified atom stereocenters. The number of hydrogen-bond acceptors (Lipinski definition) is 3. The molecule has 2 aliphatic rings. The van der Waals surface area contributed by atoms with E-state index in [-0.39, 0.29) is 29.4 Å². The second kappa shape index (κ2) is 6.17. The maximum Gasteiger partial charge on any atom is 0.338 e. The summed E-state index contributed by atoms with van der Waals surface area (Å²) in [5, 5.41) is 0. The zero-order chi connectivity index (χ0) is 17.5. The highest BCUT2D eigenvalue weighted by atomic mass is 79.9. The lowest BCUT2D eigenvalue weighted by atomic mass is 9.65. The third kappa shape index (κ3) is 3.66. The molecule has 1 aromatic rings. The van der Waals surface area contributed by atoms with Crippen molar-refractivity contribution in [2.75, 3.05) is 13.2 Å². The molecule has 1 saturated carbocycles. The van der Waals surface area contributed by atoms with Gasteiger partial charge in [0.05, 0.1) is 5.56 Å². The number of rotatable bonds is 3. The molecule has 3 rings (SSSR count). The predicted octanol–water partition coefficient (Wildman–Crippen LogP) is 4.03. The van der Waals surface area contributed by atoms with Crippen LogP contribution in [-0.2, 0) is 9.53 Å². The minimum atomic E-state index is -0.454. The van der Waals surface area contributed by atoms with Crippen LogP contribution in [-0.4, -0.2) is 36.0 Å². The second-order valence-corrected chi connectivity index (χ2v) is 9.23. The number of esters is 1. The summed E-state index contributed by atoms with van der Waals surface area (Å²) in [5.41, 5.74) is 0.915. The molecule has 1 aliphatic heterocycles. The van der Waals surface area contributed by atoms with Gasteiger partial charge in [0.2, 0.25) is 0 Å². The van der Waals surface area contributed by atoms with E-state index in [0.29, 0.717) is 5.56 Å². The first-order chi connectivity index (χ1) is 11.2. The number of halogens is 1. The zero-order valence-corrected chi connectivity index (χ0v) is 16.1. The van der Waals surface area contributed by atoms with Crippen molar-refractivity contribution in [3.63, 3.8) is 0 Å². The van der Waals surface area contributed by atoms with E-state index in [1.807, 2.05) is 4.90 Å². The van der Waals surface area contributed by atoms with Crippen LogP contribution < -0.4 is 0 Å². The first kappa shape index (κ1) is 17.5. The van der Waals surface area contributed by atoms with Crippen LogP contribution in [0.1, 0.15) is 50.4 Å². The normalized spacial score (nSPS) is 27.8. The number of benzene rings is 1. The Morgan fingerprint density at radius 2 is 1.88 bits per heavy atom. The molecule has 1 aliphatic carbocycles. The largest absolute Gasteiger partial charge is 0.452 e. The summed E-state index contributed by atoms with van der Waals surface area (Å²) < 4.78 is 6.13. The fourth-order valence-electron chi connectivity index (χ4n) is 4.63. The van der Waals surface area contributed by atoms with E-state index < -0.39 is 5.97 Å². The highest BCUT2D eigenvalue weighted by molar-refractivity contribution is 9.10. The Morgan fingerprint density at radius 3 is 2.54 bits per heavy atom. The van der Waals surface area contributed by atoms with Gasteiger partial charge in [0.25, 0.3) is 5.91 Å². The number of carbonyl (C=O) groups excluding carboxylic acids is 2. The Balaban J connectivity index is 1.60. The first-order valence-electron chi connectivity index (χ1n) is 8.40. The fraction of sp³-hybridized carbons (Fsp3) is 0.579. The maximum absolute atomic E-state index is 12.6. The molecule has 0 aromatic heterocycles. The van der Waals surface area contributed by atoms with Gasteiger partial charge in [-0.2, -0.15) is 0 Å². The molecule has 4 nitrogen and oxygen atoms in total. The van der Waals surface area contributed by atoms with Gasteiger partial charge in [-0.05, 0) is 54.4 Å². The molecule has 0 N–H and O–H groups in total. The van der Waals surface area contributed by atoms with Crippen molar-refractivity contribution in [1.29, 1.82) is 0 Å². The van der Waals surface area contributed by atoms with E-state index in [0.717, 1.165) is 30.3 Å². The van der Waals surface area contributed by atoms with E-state index >= 15 is 0 Å². The van der Waals surface area contributed by atoms with E-state index in [1.165, 1.54) is 0 Å². The fourth-order valence-corrected chi connectivity index (χ4v) is 4.90. The van der Waals surface area contributed by atoms with Crippen molar-refractivity contribution in [2.24, 2.45) is 10.8 Å². The molecule has 2 fully saturated rings. The van der Waals surface area contributed by atoms with Crippen LogP contribution in [0.4, 0.5) is 0 Å². The number of nitrogens with zero attached hydrogens (tertiary/aromatic N) is 1. The quantitative estimate of drug-likeness (QED) is 0.728. The maximum atomic E-state index is 12.6. The molecule has 130 valence electrons. The van der Waals surface area contributed by atoms with Crippen molar-refractivity contribution in [1.82, 2.24) is 4.90 Å². The van der Waals surface area contributed by atoms with Gasteiger partial charge in [0, 0.05) is 17.1 Å². The number of amides is 1. The van der Waals surface area contributed by atoms with Crippen molar-refractivity contribution in [3.8, 4) is 0 Å². The van der Waals surface area contributed by atoms with Crippen molar-refractivity contribution in [2.45, 2.75) is 46.1 Å². The smallest absolute Gasteiger partial charge is 0.338 e. The summed E-state index contributed by atoms with van der Waals surface area (Å²) in [6.45, 7) is 7.41. The molecule has 1 aromatic carbocycles. The van der Waals surface area contributed by atoms with Gasteiger partial charge in [-0.3, -0.25) is 4.79 Å². The summed E-state index contributed by atoms with van der Waals surface area (Å²) in [6, 6.07) is 7.21. The third-order valence-electron chi connectivity index (χ3n) is 5.14. The van der Waals surface area contributed by atoms with Gasteiger partial charge >= 0.3 is 5.97 Å². The van der Waals surface area contributed by atoms with Crippen molar-refractivity contribution < 1.29 is 14.3 Å². The Kier molecular flexibility index (Phi) is 4.49. The number of fused-ring (bicyclic) bond motifs is 2. The molecule has 2 bridgehead atoms. The Labute approximate surface area is 151 Å². The van der Waals surface area contributed by atoms with E-state index in [9.17, 15) is 9.59 Å². The van der Waals surface area contributed by atoms with Crippen molar-refractivity contribution in [3.05, 3.63) is 34.3 Å². The highest BCUT2D eigenvalue weighted by Gasteiger charge is 2.50. The molecular formula is C19H24BrNO3. The van der Waals surface area contributed by atoms with Gasteiger partial charge in [0.15, 0.2) is 6.61 Å². The minimum absolute atomic E-state index is 0.0770. The molecule has 5 heteroatoms. The van der Waals surface area contributed by atoms with Crippen LogP contribution in [0.15, 0.2) is 28.7 Å². The second-order valence-electron chi connectivity index (χ2n) is 8.32. The summed E-state index contributed by atoms with van der Waals surface area (Å²) in [7, 11) is 0. The molecule has 2 atom stereocenters.